The number of hydrogen-bond donors (Lipinski definition) is 1. The highest BCUT2D eigenvalue weighted by atomic mass is 32.3. The third-order valence-corrected chi connectivity index (χ3v) is 6.75. The lowest BCUT2D eigenvalue weighted by Gasteiger charge is -2.15. The number of nitriles is 1. The van der Waals surface area contributed by atoms with Crippen molar-refractivity contribution in [1.29, 1.82) is 5.26 Å². The largest absolute Gasteiger partial charge is 0.488 e. The number of H-pyrrole nitrogens is 1. The first-order chi connectivity index (χ1) is 16.7. The van der Waals surface area contributed by atoms with Crippen LogP contribution in [0.1, 0.15) is 30.0 Å². The van der Waals surface area contributed by atoms with Gasteiger partial charge in [0.05, 0.1) is 28.7 Å². The van der Waals surface area contributed by atoms with E-state index < -0.39 is 10.5 Å². The summed E-state index contributed by atoms with van der Waals surface area (Å²) in [6.07, 6.45) is 4.57. The van der Waals surface area contributed by atoms with Gasteiger partial charge in [-0.2, -0.15) is 13.7 Å². The van der Waals surface area contributed by atoms with Gasteiger partial charge in [-0.3, -0.25) is 9.78 Å². The molecule has 5 aromatic rings. The van der Waals surface area contributed by atoms with Crippen LogP contribution in [0.25, 0.3) is 44.0 Å². The van der Waals surface area contributed by atoms with Gasteiger partial charge in [0.1, 0.15) is 5.65 Å². The predicted octanol–water partition coefficient (Wildman–Crippen LogP) is 4.81. The zero-order valence-electron chi connectivity index (χ0n) is 18.4. The van der Waals surface area contributed by atoms with E-state index in [0.29, 0.717) is 33.1 Å². The van der Waals surface area contributed by atoms with Crippen LogP contribution in [0.3, 0.4) is 0 Å². The topological polar surface area (TPSA) is 118 Å². The minimum atomic E-state index is -5.19. The number of nitrogens with zero attached hydrogens (tertiary/aromatic N) is 3. The molecule has 1 fully saturated rings. The monoisotopic (exact) mass is 488 g/mol. The Morgan fingerprint density at radius 2 is 1.97 bits per heavy atom. The minimum Gasteiger partial charge on any atom is -0.357 e. The van der Waals surface area contributed by atoms with Crippen LogP contribution in [0.4, 0.5) is 3.89 Å². The molecule has 0 spiro atoms. The number of hydrogen-bond acceptors (Lipinski definition) is 6. The molecule has 0 atom stereocenters. The fourth-order valence-corrected chi connectivity index (χ4v) is 5.07. The summed E-state index contributed by atoms with van der Waals surface area (Å²) in [4.78, 5) is 21.0. The number of benzene rings is 2. The Kier molecular flexibility index (Phi) is 4.50. The number of rotatable bonds is 4. The molecule has 2 aromatic carbocycles. The molecule has 1 aliphatic carbocycles. The molecule has 1 aliphatic rings. The average molecular weight is 489 g/mol. The van der Waals surface area contributed by atoms with Crippen molar-refractivity contribution in [3.63, 3.8) is 0 Å². The molecular weight excluding hydrogens is 471 g/mol. The van der Waals surface area contributed by atoms with Gasteiger partial charge in [0.15, 0.2) is 11.2 Å². The first-order valence-electron chi connectivity index (χ1n) is 10.9. The second kappa shape index (κ2) is 7.38. The Bertz CT molecular complexity index is 1910. The summed E-state index contributed by atoms with van der Waals surface area (Å²) in [6, 6.07) is 12.7. The lowest BCUT2D eigenvalue weighted by molar-refractivity contribution is 0.439. The number of aromatic nitrogens is 3. The normalized spacial score (nSPS) is 14.0. The predicted molar refractivity (Wildman–Crippen MR) is 129 cm³/mol. The van der Waals surface area contributed by atoms with Crippen LogP contribution in [0.15, 0.2) is 53.6 Å². The summed E-state index contributed by atoms with van der Waals surface area (Å²) in [5, 5.41) is 11.2. The zero-order chi connectivity index (χ0) is 24.5. The van der Waals surface area contributed by atoms with E-state index in [2.05, 4.69) is 24.8 Å². The number of aromatic amines is 1. The van der Waals surface area contributed by atoms with Crippen LogP contribution < -0.4 is 9.61 Å². The van der Waals surface area contributed by atoms with Crippen molar-refractivity contribution >= 4 is 43.3 Å². The van der Waals surface area contributed by atoms with Gasteiger partial charge in [0.25, 0.3) is 0 Å². The van der Waals surface area contributed by atoms with Gasteiger partial charge in [-0.05, 0) is 61.2 Å². The molecule has 3 heterocycles. The average Bonchev–Trinajstić information content (AvgIpc) is 3.57. The second-order valence-electron chi connectivity index (χ2n) is 8.72. The third kappa shape index (κ3) is 3.52. The highest BCUT2D eigenvalue weighted by molar-refractivity contribution is 7.81. The van der Waals surface area contributed by atoms with E-state index in [1.165, 1.54) is 12.3 Å². The standard InChI is InChI=1S/C25H17FN4O4S/c1-13-6-20-22(9-19(13)15-8-17(12-28-11-15)34-35(26,32)33)30(16-3-4-16)25-23(24(20)31)18-5-2-14(10-27)7-21(18)29-25/h2,5-9,11-12,16,29H,3-4H2,1H3. The van der Waals surface area contributed by atoms with E-state index in [0.717, 1.165) is 41.0 Å². The summed E-state index contributed by atoms with van der Waals surface area (Å²) in [7, 11) is -5.19. The van der Waals surface area contributed by atoms with E-state index >= 15 is 0 Å². The fraction of sp³-hybridized carbons (Fsp3) is 0.160. The Morgan fingerprint density at radius 3 is 2.69 bits per heavy atom. The van der Waals surface area contributed by atoms with Crippen LogP contribution in [-0.4, -0.2) is 23.0 Å². The van der Waals surface area contributed by atoms with E-state index in [9.17, 15) is 22.4 Å². The van der Waals surface area contributed by atoms with Crippen LogP contribution in [0, 0.1) is 18.3 Å². The molecule has 0 bridgehead atoms. The molecule has 0 radical (unpaired) electrons. The molecule has 8 nitrogen and oxygen atoms in total. The molecule has 174 valence electrons. The van der Waals surface area contributed by atoms with Gasteiger partial charge in [-0.15, -0.1) is 0 Å². The summed E-state index contributed by atoms with van der Waals surface area (Å²) < 4.78 is 41.3. The second-order valence-corrected chi connectivity index (χ2v) is 9.67. The van der Waals surface area contributed by atoms with Gasteiger partial charge < -0.3 is 13.7 Å². The number of fused-ring (bicyclic) bond motifs is 4. The Labute approximate surface area is 198 Å². The maximum atomic E-state index is 13.7. The van der Waals surface area contributed by atoms with Gasteiger partial charge in [-0.25, -0.2) is 0 Å². The zero-order valence-corrected chi connectivity index (χ0v) is 19.2. The number of pyridine rings is 2. The number of nitrogens with one attached hydrogen (secondary N) is 1. The van der Waals surface area contributed by atoms with Crippen molar-refractivity contribution in [3.8, 4) is 22.9 Å². The third-order valence-electron chi connectivity index (χ3n) is 6.35. The van der Waals surface area contributed by atoms with Gasteiger partial charge in [-0.1, -0.05) is 9.95 Å². The summed E-state index contributed by atoms with van der Waals surface area (Å²) >= 11 is 0. The van der Waals surface area contributed by atoms with E-state index in [-0.39, 0.29) is 17.2 Å². The van der Waals surface area contributed by atoms with Crippen LogP contribution in [-0.2, 0) is 10.5 Å². The molecule has 0 saturated heterocycles. The molecule has 10 heteroatoms. The Hall–Kier alpha value is -4.23. The number of aryl methyl sites for hydroxylation is 1. The lowest BCUT2D eigenvalue weighted by atomic mass is 9.98. The maximum absolute atomic E-state index is 13.7. The highest BCUT2D eigenvalue weighted by Gasteiger charge is 2.29. The Morgan fingerprint density at radius 1 is 1.17 bits per heavy atom. The summed E-state index contributed by atoms with van der Waals surface area (Å²) in [6.45, 7) is 1.84. The first kappa shape index (κ1) is 21.3. The van der Waals surface area contributed by atoms with Crippen molar-refractivity contribution < 1.29 is 16.5 Å². The molecule has 0 aliphatic heterocycles. The van der Waals surface area contributed by atoms with Crippen molar-refractivity contribution in [3.05, 3.63) is 70.1 Å². The van der Waals surface area contributed by atoms with E-state index in [4.69, 9.17) is 0 Å². The van der Waals surface area contributed by atoms with Crippen molar-refractivity contribution in [1.82, 2.24) is 14.5 Å². The van der Waals surface area contributed by atoms with E-state index in [1.54, 1.807) is 18.2 Å². The van der Waals surface area contributed by atoms with Gasteiger partial charge in [0.2, 0.25) is 0 Å². The van der Waals surface area contributed by atoms with Gasteiger partial charge in [0, 0.05) is 34.1 Å². The molecule has 0 unspecified atom stereocenters. The molecule has 6 rings (SSSR count). The van der Waals surface area contributed by atoms with Crippen molar-refractivity contribution in [2.24, 2.45) is 0 Å². The van der Waals surface area contributed by atoms with Crippen molar-refractivity contribution in [2.75, 3.05) is 0 Å². The quantitative estimate of drug-likeness (QED) is 0.363. The molecule has 1 saturated carbocycles. The van der Waals surface area contributed by atoms with Crippen LogP contribution in [0.2, 0.25) is 0 Å². The van der Waals surface area contributed by atoms with Crippen molar-refractivity contribution in [2.45, 2.75) is 25.8 Å². The minimum absolute atomic E-state index is 0.115. The maximum Gasteiger partial charge on any atom is 0.488 e. The SMILES string of the molecule is Cc1cc2c(=O)c3c4ccc(C#N)cc4[nH]c3n(C3CC3)c2cc1-c1cncc(OS(=O)(=O)F)c1. The van der Waals surface area contributed by atoms with Crippen LogP contribution in [0.5, 0.6) is 5.75 Å². The first-order valence-corrected chi connectivity index (χ1v) is 12.2. The smallest absolute Gasteiger partial charge is 0.357 e. The number of halogens is 1. The fourth-order valence-electron chi connectivity index (χ4n) is 4.75. The highest BCUT2D eigenvalue weighted by Crippen LogP contribution is 2.41. The molecular formula is C25H17FN4O4S. The Balaban J connectivity index is 1.66. The van der Waals surface area contributed by atoms with Gasteiger partial charge >= 0.3 is 10.5 Å². The molecule has 0 amide bonds. The van der Waals surface area contributed by atoms with E-state index in [1.807, 2.05) is 19.1 Å². The lowest BCUT2D eigenvalue weighted by Crippen LogP contribution is -2.11. The molecule has 1 N–H and O–H groups in total. The molecule has 3 aromatic heterocycles. The summed E-state index contributed by atoms with van der Waals surface area (Å²) in [5.74, 6) is -0.247. The van der Waals surface area contributed by atoms with Crippen LogP contribution >= 0.6 is 0 Å². The molecule has 35 heavy (non-hydrogen) atoms. The summed E-state index contributed by atoms with van der Waals surface area (Å²) in [5.41, 5.74) is 4.53.